The summed E-state index contributed by atoms with van der Waals surface area (Å²) in [6.45, 7) is 6.61. The molecule has 0 aromatic heterocycles. The topological polar surface area (TPSA) is 52.6 Å². The average Bonchev–Trinajstić information content (AvgIpc) is 2.00. The van der Waals surface area contributed by atoms with Crippen molar-refractivity contribution in [2.24, 2.45) is 0 Å². The summed E-state index contributed by atoms with van der Waals surface area (Å²) in [6.07, 6.45) is 0.220. The van der Waals surface area contributed by atoms with Crippen LogP contribution in [-0.2, 0) is 4.79 Å². The van der Waals surface area contributed by atoms with Crippen LogP contribution in [0.5, 0.6) is 0 Å². The van der Waals surface area contributed by atoms with Crippen molar-refractivity contribution in [2.45, 2.75) is 26.3 Å². The third-order valence-corrected chi connectivity index (χ3v) is 1.75. The van der Waals surface area contributed by atoms with Crippen LogP contribution in [0.1, 0.15) is 20.3 Å². The molecule has 0 unspecified atom stereocenters. The molecule has 2 N–H and O–H groups in total. The summed E-state index contributed by atoms with van der Waals surface area (Å²) in [7, 11) is 1.94. The number of aliphatic carboxylic acids is 1. The monoisotopic (exact) mass is 188 g/mol. The minimum absolute atomic E-state index is 0.220. The van der Waals surface area contributed by atoms with E-state index in [1.807, 2.05) is 11.9 Å². The van der Waals surface area contributed by atoms with Gasteiger partial charge in [0.1, 0.15) is 0 Å². The van der Waals surface area contributed by atoms with Crippen molar-refractivity contribution in [3.8, 4) is 0 Å². The number of carboxylic acid groups (broad SMARTS) is 1. The van der Waals surface area contributed by atoms with Gasteiger partial charge in [-0.25, -0.2) is 0 Å². The van der Waals surface area contributed by atoms with Crippen molar-refractivity contribution in [1.29, 1.82) is 0 Å². The van der Waals surface area contributed by atoms with Crippen molar-refractivity contribution in [1.82, 2.24) is 10.2 Å². The molecule has 0 aromatic carbocycles. The lowest BCUT2D eigenvalue weighted by Gasteiger charge is -2.16. The van der Waals surface area contributed by atoms with Gasteiger partial charge in [-0.1, -0.05) is 13.8 Å². The van der Waals surface area contributed by atoms with Crippen LogP contribution in [-0.4, -0.2) is 48.7 Å². The Hall–Kier alpha value is -0.610. The van der Waals surface area contributed by atoms with E-state index in [0.717, 1.165) is 13.1 Å². The van der Waals surface area contributed by atoms with Gasteiger partial charge >= 0.3 is 5.97 Å². The van der Waals surface area contributed by atoms with E-state index in [0.29, 0.717) is 12.6 Å². The Morgan fingerprint density at radius 1 is 1.46 bits per heavy atom. The van der Waals surface area contributed by atoms with Crippen molar-refractivity contribution in [3.05, 3.63) is 0 Å². The zero-order valence-electron chi connectivity index (χ0n) is 8.71. The summed E-state index contributed by atoms with van der Waals surface area (Å²) in [5, 5.41) is 11.7. The van der Waals surface area contributed by atoms with Crippen molar-refractivity contribution >= 4 is 5.97 Å². The van der Waals surface area contributed by atoms with E-state index < -0.39 is 5.97 Å². The Bertz CT molecular complexity index is 149. The Morgan fingerprint density at radius 2 is 2.08 bits per heavy atom. The van der Waals surface area contributed by atoms with Gasteiger partial charge in [0, 0.05) is 25.7 Å². The maximum Gasteiger partial charge on any atom is 0.304 e. The maximum absolute atomic E-state index is 10.2. The molecule has 0 bridgehead atoms. The second-order valence-electron chi connectivity index (χ2n) is 3.56. The van der Waals surface area contributed by atoms with E-state index in [1.165, 1.54) is 0 Å². The number of likely N-dealkylation sites (N-methyl/N-ethyl adjacent to an activating group) is 1. The second-order valence-corrected chi connectivity index (χ2v) is 3.56. The van der Waals surface area contributed by atoms with Crippen LogP contribution in [0.2, 0.25) is 0 Å². The molecule has 0 aliphatic carbocycles. The number of rotatable bonds is 7. The van der Waals surface area contributed by atoms with Gasteiger partial charge < -0.3 is 15.3 Å². The lowest BCUT2D eigenvalue weighted by Crippen LogP contribution is -2.33. The van der Waals surface area contributed by atoms with E-state index in [2.05, 4.69) is 19.2 Å². The minimum atomic E-state index is -0.733. The fourth-order valence-corrected chi connectivity index (χ4v) is 0.942. The summed E-state index contributed by atoms with van der Waals surface area (Å²) >= 11 is 0. The van der Waals surface area contributed by atoms with Crippen LogP contribution in [0, 0.1) is 0 Å². The molecule has 78 valence electrons. The molecule has 0 saturated carbocycles. The third kappa shape index (κ3) is 9.30. The molecule has 0 amide bonds. The zero-order valence-corrected chi connectivity index (χ0v) is 8.71. The fourth-order valence-electron chi connectivity index (χ4n) is 0.942. The smallest absolute Gasteiger partial charge is 0.304 e. The largest absolute Gasteiger partial charge is 0.481 e. The molecule has 0 fully saturated rings. The summed E-state index contributed by atoms with van der Waals surface area (Å²) in [5.74, 6) is -0.733. The molecule has 4 heteroatoms. The van der Waals surface area contributed by atoms with Gasteiger partial charge in [-0.2, -0.15) is 0 Å². The third-order valence-electron chi connectivity index (χ3n) is 1.75. The molecule has 0 radical (unpaired) electrons. The zero-order chi connectivity index (χ0) is 10.3. The SMILES string of the molecule is CC(C)NCCN(C)CCC(=O)O. The molecular formula is C9H20N2O2. The van der Waals surface area contributed by atoms with Gasteiger partial charge in [-0.15, -0.1) is 0 Å². The summed E-state index contributed by atoms with van der Waals surface area (Å²) in [5.41, 5.74) is 0. The number of nitrogens with zero attached hydrogens (tertiary/aromatic N) is 1. The molecule has 0 heterocycles. The highest BCUT2D eigenvalue weighted by Gasteiger charge is 2.01. The molecule has 0 aromatic rings. The molecule has 0 atom stereocenters. The Kier molecular flexibility index (Phi) is 6.54. The first-order valence-corrected chi connectivity index (χ1v) is 4.66. The van der Waals surface area contributed by atoms with Crippen LogP contribution in [0.15, 0.2) is 0 Å². The lowest BCUT2D eigenvalue weighted by atomic mass is 10.3. The van der Waals surface area contributed by atoms with Crippen LogP contribution >= 0.6 is 0 Å². The van der Waals surface area contributed by atoms with Crippen LogP contribution in [0.3, 0.4) is 0 Å². The first kappa shape index (κ1) is 12.4. The van der Waals surface area contributed by atoms with E-state index in [-0.39, 0.29) is 6.42 Å². The number of hydrogen-bond donors (Lipinski definition) is 2. The first-order valence-electron chi connectivity index (χ1n) is 4.66. The Labute approximate surface area is 79.9 Å². The van der Waals surface area contributed by atoms with E-state index >= 15 is 0 Å². The lowest BCUT2D eigenvalue weighted by molar-refractivity contribution is -0.137. The van der Waals surface area contributed by atoms with Gasteiger partial charge in [-0.3, -0.25) is 4.79 Å². The summed E-state index contributed by atoms with van der Waals surface area (Å²) in [6, 6.07) is 0.493. The first-order chi connectivity index (χ1) is 6.02. The standard InChI is InChI=1S/C9H20N2O2/c1-8(2)10-5-7-11(3)6-4-9(12)13/h8,10H,4-7H2,1-3H3,(H,12,13). The number of hydrogen-bond acceptors (Lipinski definition) is 3. The average molecular weight is 188 g/mol. The van der Waals surface area contributed by atoms with Crippen molar-refractivity contribution < 1.29 is 9.90 Å². The molecule has 0 rings (SSSR count). The summed E-state index contributed by atoms with van der Waals surface area (Å²) < 4.78 is 0. The van der Waals surface area contributed by atoms with Crippen molar-refractivity contribution in [2.75, 3.05) is 26.7 Å². The number of carbonyl (C=O) groups is 1. The van der Waals surface area contributed by atoms with Gasteiger partial charge in [0.05, 0.1) is 6.42 Å². The molecule has 0 aliphatic heterocycles. The van der Waals surface area contributed by atoms with Gasteiger partial charge in [-0.05, 0) is 7.05 Å². The normalized spacial score (nSPS) is 11.2. The Balaban J connectivity index is 3.30. The van der Waals surface area contributed by atoms with Crippen LogP contribution in [0.4, 0.5) is 0 Å². The highest BCUT2D eigenvalue weighted by molar-refractivity contribution is 5.66. The second kappa shape index (κ2) is 6.86. The van der Waals surface area contributed by atoms with Crippen LogP contribution in [0.25, 0.3) is 0 Å². The molecule has 0 spiro atoms. The minimum Gasteiger partial charge on any atom is -0.481 e. The molecule has 13 heavy (non-hydrogen) atoms. The predicted octanol–water partition coefficient (Wildman–Crippen LogP) is 0.391. The van der Waals surface area contributed by atoms with E-state index in [9.17, 15) is 4.79 Å². The molecule has 4 nitrogen and oxygen atoms in total. The maximum atomic E-state index is 10.2. The molecule has 0 aliphatic rings. The highest BCUT2D eigenvalue weighted by atomic mass is 16.4. The molecular weight excluding hydrogens is 168 g/mol. The fraction of sp³-hybridized carbons (Fsp3) is 0.889. The van der Waals surface area contributed by atoms with E-state index in [4.69, 9.17) is 5.11 Å². The Morgan fingerprint density at radius 3 is 2.54 bits per heavy atom. The highest BCUT2D eigenvalue weighted by Crippen LogP contribution is 1.86. The van der Waals surface area contributed by atoms with Gasteiger partial charge in [0.15, 0.2) is 0 Å². The van der Waals surface area contributed by atoms with Crippen LogP contribution < -0.4 is 5.32 Å². The number of carboxylic acids is 1. The number of nitrogens with one attached hydrogen (secondary N) is 1. The van der Waals surface area contributed by atoms with Gasteiger partial charge in [0.2, 0.25) is 0 Å². The van der Waals surface area contributed by atoms with Crippen molar-refractivity contribution in [3.63, 3.8) is 0 Å². The quantitative estimate of drug-likeness (QED) is 0.607. The molecule has 0 saturated heterocycles. The van der Waals surface area contributed by atoms with E-state index in [1.54, 1.807) is 0 Å². The summed E-state index contributed by atoms with van der Waals surface area (Å²) in [4.78, 5) is 12.3. The predicted molar refractivity (Wildman–Crippen MR) is 52.9 cm³/mol. The van der Waals surface area contributed by atoms with Gasteiger partial charge in [0.25, 0.3) is 0 Å².